The third-order valence-electron chi connectivity index (χ3n) is 4.01. The van der Waals surface area contributed by atoms with Gasteiger partial charge >= 0.3 is 0 Å². The van der Waals surface area contributed by atoms with E-state index >= 15 is 0 Å². The summed E-state index contributed by atoms with van der Waals surface area (Å²) in [5.41, 5.74) is 7.04. The molecule has 1 heterocycles. The van der Waals surface area contributed by atoms with E-state index in [-0.39, 0.29) is 32.3 Å². The number of halogens is 2. The Hall–Kier alpha value is -2.32. The number of anilines is 1. The summed E-state index contributed by atoms with van der Waals surface area (Å²) >= 11 is 13.2. The van der Waals surface area contributed by atoms with Crippen molar-refractivity contribution in [1.82, 2.24) is 4.90 Å². The molecular formula is C19H17Cl2N3O3S. The van der Waals surface area contributed by atoms with Crippen molar-refractivity contribution >= 4 is 61.4 Å². The fraction of sp³-hybridized carbons (Fsp3) is 0.158. The summed E-state index contributed by atoms with van der Waals surface area (Å²) in [5, 5.41) is 13.3. The van der Waals surface area contributed by atoms with Gasteiger partial charge in [0.05, 0.1) is 15.3 Å². The molecule has 0 spiro atoms. The van der Waals surface area contributed by atoms with E-state index in [0.29, 0.717) is 22.2 Å². The van der Waals surface area contributed by atoms with E-state index in [2.05, 4.69) is 5.32 Å². The zero-order chi connectivity index (χ0) is 20.6. The summed E-state index contributed by atoms with van der Waals surface area (Å²) in [4.78, 5) is 26.8. The summed E-state index contributed by atoms with van der Waals surface area (Å²) < 4.78 is 0.411. The van der Waals surface area contributed by atoms with Crippen molar-refractivity contribution < 1.29 is 14.7 Å². The Morgan fingerprint density at radius 3 is 2.61 bits per heavy atom. The van der Waals surface area contributed by atoms with Crippen LogP contribution in [0.15, 0.2) is 30.3 Å². The summed E-state index contributed by atoms with van der Waals surface area (Å²) in [5.74, 6) is -1.41. The van der Waals surface area contributed by atoms with E-state index in [1.54, 1.807) is 18.2 Å². The molecule has 2 amide bonds. The first-order valence-corrected chi connectivity index (χ1v) is 9.74. The molecule has 0 fully saturated rings. The molecule has 0 radical (unpaired) electrons. The third-order valence-corrected chi connectivity index (χ3v) is 5.92. The van der Waals surface area contributed by atoms with Crippen molar-refractivity contribution in [1.29, 1.82) is 0 Å². The zero-order valence-corrected chi connectivity index (χ0v) is 17.4. The van der Waals surface area contributed by atoms with Gasteiger partial charge in [0.1, 0.15) is 10.0 Å². The number of fused-ring (bicyclic) bond motifs is 1. The van der Waals surface area contributed by atoms with Gasteiger partial charge in [0.15, 0.2) is 5.75 Å². The predicted octanol–water partition coefficient (Wildman–Crippen LogP) is 4.33. The van der Waals surface area contributed by atoms with E-state index in [4.69, 9.17) is 28.9 Å². The first-order valence-electron chi connectivity index (χ1n) is 8.17. The molecule has 0 saturated heterocycles. The largest absolute Gasteiger partial charge is 0.505 e. The number of rotatable bonds is 5. The minimum atomic E-state index is -0.735. The number of carbonyl (C=O) groups is 2. The van der Waals surface area contributed by atoms with Gasteiger partial charge < -0.3 is 21.1 Å². The first kappa shape index (κ1) is 20.4. The molecule has 0 atom stereocenters. The number of thiophene rings is 1. The molecular weight excluding hydrogens is 421 g/mol. The molecule has 146 valence electrons. The van der Waals surface area contributed by atoms with Gasteiger partial charge in [-0.3, -0.25) is 9.59 Å². The number of nitrogens with two attached hydrogens (primary N) is 1. The highest BCUT2D eigenvalue weighted by atomic mass is 35.5. The van der Waals surface area contributed by atoms with Gasteiger partial charge in [-0.25, -0.2) is 0 Å². The number of carbonyl (C=O) groups excluding carboxylic acids is 2. The van der Waals surface area contributed by atoms with Gasteiger partial charge in [-0.15, -0.1) is 11.3 Å². The van der Waals surface area contributed by atoms with Crippen molar-refractivity contribution in [2.24, 2.45) is 5.73 Å². The number of nitrogens with one attached hydrogen (secondary N) is 1. The normalized spacial score (nSPS) is 11.2. The van der Waals surface area contributed by atoms with Crippen LogP contribution in [0.5, 0.6) is 5.75 Å². The van der Waals surface area contributed by atoms with E-state index < -0.39 is 5.91 Å². The number of nitrogens with zero attached hydrogens (tertiary/aromatic N) is 1. The number of hydrogen-bond donors (Lipinski definition) is 3. The fourth-order valence-corrected chi connectivity index (χ4v) is 4.53. The van der Waals surface area contributed by atoms with E-state index in [0.717, 1.165) is 16.9 Å². The minimum Gasteiger partial charge on any atom is -0.505 e. The van der Waals surface area contributed by atoms with Crippen molar-refractivity contribution in [3.63, 3.8) is 0 Å². The summed E-state index contributed by atoms with van der Waals surface area (Å²) in [6.07, 6.45) is 0. The van der Waals surface area contributed by atoms with Crippen LogP contribution in [0.4, 0.5) is 5.00 Å². The number of primary amides is 1. The molecule has 0 unspecified atom stereocenters. The molecule has 6 nitrogen and oxygen atoms in total. The predicted molar refractivity (Wildman–Crippen MR) is 114 cm³/mol. The van der Waals surface area contributed by atoms with Crippen LogP contribution in [-0.2, 0) is 6.54 Å². The second-order valence-corrected chi connectivity index (χ2v) is 8.27. The highest BCUT2D eigenvalue weighted by molar-refractivity contribution is 7.24. The number of phenols is 1. The number of hydrogen-bond acceptors (Lipinski definition) is 5. The fourth-order valence-electron chi connectivity index (χ4n) is 2.84. The lowest BCUT2D eigenvalue weighted by Crippen LogP contribution is -2.17. The topological polar surface area (TPSA) is 95.7 Å². The molecule has 28 heavy (non-hydrogen) atoms. The number of amides is 2. The van der Waals surface area contributed by atoms with Crippen molar-refractivity contribution in [2.75, 3.05) is 19.4 Å². The highest BCUT2D eigenvalue weighted by Gasteiger charge is 2.23. The van der Waals surface area contributed by atoms with Gasteiger partial charge in [-0.1, -0.05) is 35.3 Å². The maximum atomic E-state index is 12.7. The van der Waals surface area contributed by atoms with Gasteiger partial charge in [0.25, 0.3) is 11.8 Å². The average Bonchev–Trinajstić information content (AvgIpc) is 2.97. The Morgan fingerprint density at radius 1 is 1.25 bits per heavy atom. The van der Waals surface area contributed by atoms with Crippen molar-refractivity contribution in [3.05, 3.63) is 57.1 Å². The second-order valence-electron chi connectivity index (χ2n) is 6.46. The van der Waals surface area contributed by atoms with Crippen molar-refractivity contribution in [2.45, 2.75) is 6.54 Å². The molecule has 0 bridgehead atoms. The number of phenolic OH excluding ortho intramolecular Hbond substituents is 1. The van der Waals surface area contributed by atoms with Crippen LogP contribution in [0.2, 0.25) is 10.0 Å². The van der Waals surface area contributed by atoms with Crippen LogP contribution in [0.3, 0.4) is 0 Å². The minimum absolute atomic E-state index is 0.00322. The summed E-state index contributed by atoms with van der Waals surface area (Å²) in [6, 6.07) is 8.59. The molecule has 3 rings (SSSR count). The monoisotopic (exact) mass is 437 g/mol. The Bertz CT molecular complexity index is 1100. The first-order chi connectivity index (χ1) is 13.2. The van der Waals surface area contributed by atoms with E-state index in [9.17, 15) is 14.7 Å². The molecule has 0 saturated carbocycles. The smallest absolute Gasteiger partial charge is 0.256 e. The lowest BCUT2D eigenvalue weighted by molar-refractivity contribution is 0.100. The van der Waals surface area contributed by atoms with Crippen LogP contribution in [0, 0.1) is 0 Å². The number of benzene rings is 2. The van der Waals surface area contributed by atoms with Crippen molar-refractivity contribution in [3.8, 4) is 5.75 Å². The standard InChI is InChI=1S/C19H17Cl2N3O3S/c1-24(2)8-9-4-3-5-10(6-9)18(27)23-19-13(17(22)26)11-7-12(20)15(25)14(21)16(11)28-19/h3-7,25H,8H2,1-2H3,(H2,22,26)(H,23,27). The maximum Gasteiger partial charge on any atom is 0.256 e. The molecule has 1 aromatic heterocycles. The molecule has 2 aromatic carbocycles. The third kappa shape index (κ3) is 3.93. The Labute approximate surface area is 175 Å². The van der Waals surface area contributed by atoms with Crippen LogP contribution in [0.1, 0.15) is 26.3 Å². The highest BCUT2D eigenvalue weighted by Crippen LogP contribution is 2.46. The second kappa shape index (κ2) is 7.97. The van der Waals surface area contributed by atoms with Gasteiger partial charge in [-0.2, -0.15) is 0 Å². The molecule has 3 aromatic rings. The molecule has 9 heteroatoms. The summed E-state index contributed by atoms with van der Waals surface area (Å²) in [7, 11) is 3.88. The summed E-state index contributed by atoms with van der Waals surface area (Å²) in [6.45, 7) is 0.684. The van der Waals surface area contributed by atoms with E-state index in [1.165, 1.54) is 6.07 Å². The van der Waals surface area contributed by atoms with Crippen LogP contribution in [-0.4, -0.2) is 35.9 Å². The number of aromatic hydroxyl groups is 1. The van der Waals surface area contributed by atoms with Crippen LogP contribution >= 0.6 is 34.5 Å². The lowest BCUT2D eigenvalue weighted by atomic mass is 10.1. The average molecular weight is 438 g/mol. The molecule has 0 aliphatic carbocycles. The van der Waals surface area contributed by atoms with Crippen LogP contribution in [0.25, 0.3) is 10.1 Å². The Kier molecular flexibility index (Phi) is 5.81. The Balaban J connectivity index is 2.02. The van der Waals surface area contributed by atoms with Gasteiger partial charge in [0.2, 0.25) is 0 Å². The lowest BCUT2D eigenvalue weighted by Gasteiger charge is -2.11. The zero-order valence-electron chi connectivity index (χ0n) is 15.0. The molecule has 4 N–H and O–H groups in total. The Morgan fingerprint density at radius 2 is 1.96 bits per heavy atom. The SMILES string of the molecule is CN(C)Cc1cccc(C(=O)Nc2sc3c(Cl)c(O)c(Cl)cc3c2C(N)=O)c1. The van der Waals surface area contributed by atoms with Gasteiger partial charge in [0, 0.05) is 17.5 Å². The van der Waals surface area contributed by atoms with E-state index in [1.807, 2.05) is 25.1 Å². The quantitative estimate of drug-likeness (QED) is 0.553. The maximum absolute atomic E-state index is 12.7. The van der Waals surface area contributed by atoms with Crippen LogP contribution < -0.4 is 11.1 Å². The molecule has 0 aliphatic rings. The van der Waals surface area contributed by atoms with Gasteiger partial charge in [-0.05, 0) is 37.9 Å². The molecule has 0 aliphatic heterocycles.